The lowest BCUT2D eigenvalue weighted by atomic mass is 9.70. The summed E-state index contributed by atoms with van der Waals surface area (Å²) in [5, 5.41) is 16.8. The van der Waals surface area contributed by atoms with Crippen LogP contribution in [0.25, 0.3) is 0 Å². The van der Waals surface area contributed by atoms with E-state index in [0.717, 1.165) is 12.0 Å². The number of nitrogens with one attached hydrogen (secondary N) is 2. The molecule has 0 unspecified atom stereocenters. The van der Waals surface area contributed by atoms with E-state index in [1.54, 1.807) is 12.2 Å². The summed E-state index contributed by atoms with van der Waals surface area (Å²) in [5.41, 5.74) is 7.36. The Morgan fingerprint density at radius 1 is 1.39 bits per heavy atom. The highest BCUT2D eigenvalue weighted by molar-refractivity contribution is 6.31. The number of nitrogens with two attached hydrogens (primary N) is 1. The molecule has 1 aromatic carbocycles. The molecule has 0 bridgehead atoms. The Kier molecular flexibility index (Phi) is 10.2. The van der Waals surface area contributed by atoms with Crippen LogP contribution in [0.1, 0.15) is 51.5 Å². The molecular formula is C26H37Cl2N3O2. The number of benzene rings is 1. The summed E-state index contributed by atoms with van der Waals surface area (Å²) in [5.74, 6) is -0.447. The van der Waals surface area contributed by atoms with E-state index in [0.29, 0.717) is 29.4 Å². The molecule has 1 fully saturated rings. The Balaban J connectivity index is 2.51. The molecule has 33 heavy (non-hydrogen) atoms. The number of aliphatic hydroxyl groups is 1. The topological polar surface area (TPSA) is 87.4 Å². The molecule has 1 aliphatic heterocycles. The van der Waals surface area contributed by atoms with Crippen LogP contribution < -0.4 is 16.4 Å². The first-order chi connectivity index (χ1) is 15.5. The van der Waals surface area contributed by atoms with Crippen LogP contribution >= 0.6 is 23.2 Å². The first kappa shape index (κ1) is 27.6. The highest BCUT2D eigenvalue weighted by atomic mass is 35.5. The van der Waals surface area contributed by atoms with Crippen LogP contribution in [0, 0.1) is 5.41 Å². The molecule has 0 saturated carbocycles. The number of carbonyl (C=O) groups excluding carboxylic acids is 1. The van der Waals surface area contributed by atoms with Gasteiger partial charge < -0.3 is 21.5 Å². The van der Waals surface area contributed by atoms with Crippen LogP contribution in [0.5, 0.6) is 0 Å². The van der Waals surface area contributed by atoms with Crippen LogP contribution in [-0.4, -0.2) is 41.8 Å². The second kappa shape index (κ2) is 12.2. The Bertz CT molecular complexity index is 879. The van der Waals surface area contributed by atoms with Crippen molar-refractivity contribution in [3.05, 3.63) is 70.8 Å². The minimum Gasteiger partial charge on any atom is -0.396 e. The number of hydrogen-bond acceptors (Lipinski definition) is 4. The fourth-order valence-corrected chi connectivity index (χ4v) is 4.88. The van der Waals surface area contributed by atoms with Gasteiger partial charge in [0.1, 0.15) is 0 Å². The summed E-state index contributed by atoms with van der Waals surface area (Å²) in [7, 11) is 0. The van der Waals surface area contributed by atoms with Gasteiger partial charge in [0.25, 0.3) is 0 Å². The molecule has 1 aliphatic rings. The average molecular weight is 495 g/mol. The molecule has 0 aliphatic carbocycles. The van der Waals surface area contributed by atoms with Crippen molar-refractivity contribution in [3.8, 4) is 0 Å². The summed E-state index contributed by atoms with van der Waals surface area (Å²) in [4.78, 5) is 13.3. The second-order valence-corrected chi connectivity index (χ2v) is 10.7. The quantitative estimate of drug-likeness (QED) is 0.282. The van der Waals surface area contributed by atoms with Gasteiger partial charge in [-0.05, 0) is 54.5 Å². The number of hydrogen-bond donors (Lipinski definition) is 4. The van der Waals surface area contributed by atoms with Gasteiger partial charge in [-0.2, -0.15) is 0 Å². The van der Waals surface area contributed by atoms with E-state index >= 15 is 0 Å². The minimum absolute atomic E-state index is 0.00642. The summed E-state index contributed by atoms with van der Waals surface area (Å²) in [6.45, 7) is 10.6. The van der Waals surface area contributed by atoms with Crippen LogP contribution in [-0.2, 0) is 4.79 Å². The molecule has 1 saturated heterocycles. The van der Waals surface area contributed by atoms with E-state index < -0.39 is 11.6 Å². The van der Waals surface area contributed by atoms with Gasteiger partial charge in [0.05, 0.1) is 6.04 Å². The average Bonchev–Trinajstić information content (AvgIpc) is 2.99. The molecule has 182 valence electrons. The molecule has 1 amide bonds. The maximum Gasteiger partial charge on any atom is 0.237 e. The first-order valence-corrected chi connectivity index (χ1v) is 12.1. The van der Waals surface area contributed by atoms with Gasteiger partial charge in [0, 0.05) is 40.7 Å². The van der Waals surface area contributed by atoms with Crippen LogP contribution in [0.15, 0.2) is 60.2 Å². The van der Waals surface area contributed by atoms with Crippen molar-refractivity contribution in [1.29, 1.82) is 0 Å². The number of rotatable bonds is 10. The van der Waals surface area contributed by atoms with E-state index in [9.17, 15) is 4.79 Å². The number of aliphatic hydroxyl groups excluding tert-OH is 1. The van der Waals surface area contributed by atoms with Gasteiger partial charge in [0.15, 0.2) is 0 Å². The standard InChI is InChI=1S/C26H37Cl2N3O2/c1-5-9-19(27)12-7-13-26(29)21(17-25(2,3)4)31-23(24(33)30-14-8-15-32)22(26)18-10-6-11-20(28)16-18/h5-7,9-12,16,21-23,31-32H,1,8,13-15,17,29H2,2-4H3,(H,30,33)/b12-7-,19-9+/t21-,22-,23+,26+/m0/s1. The predicted molar refractivity (Wildman–Crippen MR) is 138 cm³/mol. The molecule has 2 rings (SSSR count). The number of allylic oxidation sites excluding steroid dienone is 4. The fraction of sp³-hybridized carbons (Fsp3) is 0.500. The first-order valence-electron chi connectivity index (χ1n) is 11.4. The highest BCUT2D eigenvalue weighted by Gasteiger charge is 2.55. The van der Waals surface area contributed by atoms with Gasteiger partial charge in [0.2, 0.25) is 5.91 Å². The normalized spacial score (nSPS) is 26.0. The Labute approximate surface area is 208 Å². The molecule has 4 atom stereocenters. The molecule has 0 radical (unpaired) electrons. The summed E-state index contributed by atoms with van der Waals surface area (Å²) < 4.78 is 0. The third-order valence-corrected chi connectivity index (χ3v) is 6.40. The van der Waals surface area contributed by atoms with Crippen molar-refractivity contribution < 1.29 is 9.90 Å². The summed E-state index contributed by atoms with van der Waals surface area (Å²) >= 11 is 12.6. The maximum atomic E-state index is 13.3. The third-order valence-electron chi connectivity index (χ3n) is 5.91. The third kappa shape index (κ3) is 7.69. The molecule has 1 heterocycles. The largest absolute Gasteiger partial charge is 0.396 e. The minimum atomic E-state index is -0.765. The highest BCUT2D eigenvalue weighted by Crippen LogP contribution is 2.44. The zero-order valence-electron chi connectivity index (χ0n) is 19.8. The van der Waals surface area contributed by atoms with Gasteiger partial charge in [-0.1, -0.05) is 74.8 Å². The van der Waals surface area contributed by atoms with E-state index in [4.69, 9.17) is 34.0 Å². The van der Waals surface area contributed by atoms with E-state index in [1.165, 1.54) is 0 Å². The van der Waals surface area contributed by atoms with Crippen molar-refractivity contribution in [2.24, 2.45) is 11.1 Å². The molecule has 7 heteroatoms. The summed E-state index contributed by atoms with van der Waals surface area (Å²) in [6, 6.07) is 6.90. The van der Waals surface area contributed by atoms with Crippen molar-refractivity contribution in [2.45, 2.75) is 63.6 Å². The van der Waals surface area contributed by atoms with E-state index in [1.807, 2.05) is 36.4 Å². The number of halogens is 2. The van der Waals surface area contributed by atoms with Gasteiger partial charge >= 0.3 is 0 Å². The maximum absolute atomic E-state index is 13.3. The SMILES string of the molecule is C=C/C=C(Cl)\C=C/C[C@@]1(N)[C@H](CC(C)(C)C)N[C@@H](C(=O)NCCCO)[C@@H]1c1cccc(Cl)c1. The number of carbonyl (C=O) groups is 1. The Morgan fingerprint density at radius 3 is 2.73 bits per heavy atom. The molecule has 0 spiro atoms. The Morgan fingerprint density at radius 2 is 2.12 bits per heavy atom. The Hall–Kier alpha value is -1.63. The lowest BCUT2D eigenvalue weighted by molar-refractivity contribution is -0.123. The van der Waals surface area contributed by atoms with Gasteiger partial charge in [-0.15, -0.1) is 0 Å². The molecule has 5 nitrogen and oxygen atoms in total. The van der Waals surface area contributed by atoms with Crippen LogP contribution in [0.4, 0.5) is 0 Å². The van der Waals surface area contributed by atoms with Crippen LogP contribution in [0.3, 0.4) is 0 Å². The fourth-order valence-electron chi connectivity index (χ4n) is 4.50. The zero-order valence-corrected chi connectivity index (χ0v) is 21.3. The van der Waals surface area contributed by atoms with E-state index in [2.05, 4.69) is 38.0 Å². The molecular weight excluding hydrogens is 457 g/mol. The predicted octanol–water partition coefficient (Wildman–Crippen LogP) is 4.65. The zero-order chi connectivity index (χ0) is 24.6. The van der Waals surface area contributed by atoms with Crippen molar-refractivity contribution >= 4 is 29.1 Å². The molecule has 1 aromatic rings. The van der Waals surface area contributed by atoms with E-state index in [-0.39, 0.29) is 29.9 Å². The second-order valence-electron chi connectivity index (χ2n) is 9.87. The van der Waals surface area contributed by atoms with Gasteiger partial charge in [-0.25, -0.2) is 0 Å². The molecule has 5 N–H and O–H groups in total. The van der Waals surface area contributed by atoms with Crippen LogP contribution in [0.2, 0.25) is 5.02 Å². The lowest BCUT2D eigenvalue weighted by Crippen LogP contribution is -2.54. The molecule has 0 aromatic heterocycles. The smallest absolute Gasteiger partial charge is 0.237 e. The lowest BCUT2D eigenvalue weighted by Gasteiger charge is -2.38. The van der Waals surface area contributed by atoms with Crippen molar-refractivity contribution in [2.75, 3.05) is 13.2 Å². The van der Waals surface area contributed by atoms with Crippen molar-refractivity contribution in [3.63, 3.8) is 0 Å². The summed E-state index contributed by atoms with van der Waals surface area (Å²) in [6.07, 6.45) is 8.92. The monoisotopic (exact) mass is 493 g/mol. The van der Waals surface area contributed by atoms with Crippen molar-refractivity contribution in [1.82, 2.24) is 10.6 Å². The number of amides is 1. The van der Waals surface area contributed by atoms with Gasteiger partial charge in [-0.3, -0.25) is 4.79 Å².